The first-order valence-electron chi connectivity index (χ1n) is 6.03. The summed E-state index contributed by atoms with van der Waals surface area (Å²) in [5, 5.41) is 1.15. The molecule has 3 aromatic rings. The number of nitrogens with two attached hydrogens (primary N) is 1. The summed E-state index contributed by atoms with van der Waals surface area (Å²) in [6.07, 6.45) is 0.776. The molecule has 0 amide bonds. The highest BCUT2D eigenvalue weighted by molar-refractivity contribution is 5.97. The van der Waals surface area contributed by atoms with E-state index in [1.807, 2.05) is 26.0 Å². The van der Waals surface area contributed by atoms with Gasteiger partial charge in [-0.05, 0) is 13.0 Å². The maximum Gasteiger partial charge on any atom is 0.292 e. The summed E-state index contributed by atoms with van der Waals surface area (Å²) < 4.78 is 5.44. The fourth-order valence-electron chi connectivity index (χ4n) is 2.39. The third-order valence-electron chi connectivity index (χ3n) is 3.17. The van der Waals surface area contributed by atoms with Crippen LogP contribution in [0.4, 0.5) is 6.01 Å². The largest absolute Gasteiger partial charge is 0.428 e. The highest BCUT2D eigenvalue weighted by Gasteiger charge is 2.18. The average molecular weight is 241 g/mol. The van der Waals surface area contributed by atoms with Crippen LogP contribution in [0.1, 0.15) is 18.4 Å². The molecule has 0 unspecified atom stereocenters. The van der Waals surface area contributed by atoms with Gasteiger partial charge in [-0.1, -0.05) is 25.1 Å². The molecule has 0 atom stereocenters. The quantitative estimate of drug-likeness (QED) is 0.723. The Balaban J connectivity index is 2.33. The van der Waals surface area contributed by atoms with Crippen LogP contribution in [0, 0.1) is 6.92 Å². The Labute approximate surface area is 105 Å². The van der Waals surface area contributed by atoms with Crippen LogP contribution >= 0.6 is 0 Å². The number of nitrogens with one attached hydrogen (secondary N) is 1. The predicted molar refractivity (Wildman–Crippen MR) is 72.3 cm³/mol. The van der Waals surface area contributed by atoms with Crippen molar-refractivity contribution in [3.63, 3.8) is 0 Å². The van der Waals surface area contributed by atoms with Crippen LogP contribution in [-0.4, -0.2) is 9.97 Å². The van der Waals surface area contributed by atoms with Gasteiger partial charge in [0.25, 0.3) is 6.01 Å². The first-order valence-corrected chi connectivity index (χ1v) is 6.03. The lowest BCUT2D eigenvalue weighted by atomic mass is 10.1. The van der Waals surface area contributed by atoms with Gasteiger partial charge in [0, 0.05) is 28.6 Å². The van der Waals surface area contributed by atoms with Crippen molar-refractivity contribution in [3.05, 3.63) is 35.7 Å². The summed E-state index contributed by atoms with van der Waals surface area (Å²) in [4.78, 5) is 7.69. The zero-order valence-corrected chi connectivity index (χ0v) is 10.4. The Morgan fingerprint density at radius 3 is 2.89 bits per heavy atom. The van der Waals surface area contributed by atoms with Gasteiger partial charge in [0.05, 0.1) is 0 Å². The minimum Gasteiger partial charge on any atom is -0.428 e. The Hall–Kier alpha value is -2.23. The number of aromatic amines is 1. The highest BCUT2D eigenvalue weighted by atomic mass is 16.4. The summed E-state index contributed by atoms with van der Waals surface area (Å²) in [6.45, 7) is 4.08. The third-order valence-corrected chi connectivity index (χ3v) is 3.17. The van der Waals surface area contributed by atoms with Crippen molar-refractivity contribution in [1.29, 1.82) is 0 Å². The van der Waals surface area contributed by atoms with E-state index in [0.29, 0.717) is 0 Å². The van der Waals surface area contributed by atoms with Crippen molar-refractivity contribution in [2.75, 3.05) is 5.73 Å². The standard InChI is InChI=1S/C14H15N3O/c1-3-11-13(17-14(15)18-11)12-8(2)16-10-7-5-4-6-9(10)12/h4-7,16H,3H2,1-2H3,(H2,15,17). The minimum atomic E-state index is 0.228. The van der Waals surface area contributed by atoms with Crippen LogP contribution in [0.3, 0.4) is 0 Å². The van der Waals surface area contributed by atoms with Gasteiger partial charge in [0.2, 0.25) is 0 Å². The first-order chi connectivity index (χ1) is 8.70. The van der Waals surface area contributed by atoms with Gasteiger partial charge in [0.15, 0.2) is 0 Å². The zero-order valence-electron chi connectivity index (χ0n) is 10.4. The van der Waals surface area contributed by atoms with E-state index in [0.717, 1.165) is 40.0 Å². The lowest BCUT2D eigenvalue weighted by Gasteiger charge is -1.98. The van der Waals surface area contributed by atoms with Gasteiger partial charge in [-0.3, -0.25) is 0 Å². The number of aryl methyl sites for hydroxylation is 2. The van der Waals surface area contributed by atoms with E-state index in [1.54, 1.807) is 0 Å². The number of nitrogen functional groups attached to an aromatic ring is 1. The predicted octanol–water partition coefficient (Wildman–Crippen LogP) is 3.28. The van der Waals surface area contributed by atoms with E-state index < -0.39 is 0 Å². The van der Waals surface area contributed by atoms with Gasteiger partial charge in [0.1, 0.15) is 11.5 Å². The van der Waals surface area contributed by atoms with Crippen molar-refractivity contribution in [2.45, 2.75) is 20.3 Å². The molecule has 2 aromatic heterocycles. The number of anilines is 1. The second-order valence-electron chi connectivity index (χ2n) is 4.35. The summed E-state index contributed by atoms with van der Waals surface area (Å²) in [5.41, 5.74) is 9.79. The summed E-state index contributed by atoms with van der Waals surface area (Å²) in [7, 11) is 0. The monoisotopic (exact) mass is 241 g/mol. The minimum absolute atomic E-state index is 0.228. The normalized spacial score (nSPS) is 11.2. The summed E-state index contributed by atoms with van der Waals surface area (Å²) in [6, 6.07) is 8.40. The Kier molecular flexibility index (Phi) is 2.37. The zero-order chi connectivity index (χ0) is 12.7. The first kappa shape index (κ1) is 10.9. The number of aromatic nitrogens is 2. The fraction of sp³-hybridized carbons (Fsp3) is 0.214. The molecule has 4 nitrogen and oxygen atoms in total. The number of para-hydroxylation sites is 1. The molecule has 92 valence electrons. The van der Waals surface area contributed by atoms with Crippen molar-refractivity contribution in [3.8, 4) is 11.3 Å². The van der Waals surface area contributed by atoms with Gasteiger partial charge in [-0.2, -0.15) is 4.98 Å². The molecule has 0 aliphatic heterocycles. The van der Waals surface area contributed by atoms with Crippen LogP contribution in [-0.2, 0) is 6.42 Å². The number of benzene rings is 1. The third kappa shape index (κ3) is 1.49. The highest BCUT2D eigenvalue weighted by Crippen LogP contribution is 2.34. The molecule has 0 aliphatic carbocycles. The van der Waals surface area contributed by atoms with E-state index in [9.17, 15) is 0 Å². The number of hydrogen-bond donors (Lipinski definition) is 2. The van der Waals surface area contributed by atoms with Crippen LogP contribution in [0.2, 0.25) is 0 Å². The number of rotatable bonds is 2. The van der Waals surface area contributed by atoms with Crippen LogP contribution in [0.15, 0.2) is 28.7 Å². The van der Waals surface area contributed by atoms with E-state index in [2.05, 4.69) is 22.1 Å². The number of fused-ring (bicyclic) bond motifs is 1. The molecule has 3 rings (SSSR count). The molecule has 0 saturated carbocycles. The SMILES string of the molecule is CCc1oc(N)nc1-c1c(C)[nH]c2ccccc12. The van der Waals surface area contributed by atoms with E-state index >= 15 is 0 Å². The van der Waals surface area contributed by atoms with E-state index in [1.165, 1.54) is 0 Å². The van der Waals surface area contributed by atoms with Gasteiger partial charge in [-0.25, -0.2) is 0 Å². The van der Waals surface area contributed by atoms with E-state index in [4.69, 9.17) is 10.2 Å². The lowest BCUT2D eigenvalue weighted by molar-refractivity contribution is 0.530. The fourth-order valence-corrected chi connectivity index (χ4v) is 2.39. The Morgan fingerprint density at radius 2 is 2.11 bits per heavy atom. The maximum absolute atomic E-state index is 5.67. The van der Waals surface area contributed by atoms with Crippen LogP contribution in [0.25, 0.3) is 22.2 Å². The topological polar surface area (TPSA) is 67.8 Å². The average Bonchev–Trinajstić information content (AvgIpc) is 2.87. The van der Waals surface area contributed by atoms with Gasteiger partial charge in [-0.15, -0.1) is 0 Å². The molecule has 4 heteroatoms. The molecular weight excluding hydrogens is 226 g/mol. The molecule has 2 heterocycles. The molecule has 0 spiro atoms. The van der Waals surface area contributed by atoms with E-state index in [-0.39, 0.29) is 6.01 Å². The molecule has 0 aliphatic rings. The molecule has 0 radical (unpaired) electrons. The van der Waals surface area contributed by atoms with Crippen molar-refractivity contribution in [2.24, 2.45) is 0 Å². The number of hydrogen-bond acceptors (Lipinski definition) is 3. The maximum atomic E-state index is 5.67. The molecule has 18 heavy (non-hydrogen) atoms. The van der Waals surface area contributed by atoms with Gasteiger partial charge >= 0.3 is 0 Å². The summed E-state index contributed by atoms with van der Waals surface area (Å²) >= 11 is 0. The molecule has 3 N–H and O–H groups in total. The smallest absolute Gasteiger partial charge is 0.292 e. The second-order valence-corrected chi connectivity index (χ2v) is 4.35. The van der Waals surface area contributed by atoms with Gasteiger partial charge < -0.3 is 15.1 Å². The van der Waals surface area contributed by atoms with Crippen molar-refractivity contribution >= 4 is 16.9 Å². The second kappa shape index (κ2) is 3.91. The number of oxazole rings is 1. The molecule has 0 bridgehead atoms. The molecular formula is C14H15N3O. The molecule has 0 fully saturated rings. The Bertz CT molecular complexity index is 709. The lowest BCUT2D eigenvalue weighted by Crippen LogP contribution is -1.86. The molecule has 0 saturated heterocycles. The number of nitrogens with zero attached hydrogens (tertiary/aromatic N) is 1. The van der Waals surface area contributed by atoms with Crippen LogP contribution in [0.5, 0.6) is 0 Å². The van der Waals surface area contributed by atoms with Crippen molar-refractivity contribution < 1.29 is 4.42 Å². The van der Waals surface area contributed by atoms with Crippen molar-refractivity contribution in [1.82, 2.24) is 9.97 Å². The Morgan fingerprint density at radius 1 is 1.33 bits per heavy atom. The molecule has 1 aromatic carbocycles. The summed E-state index contributed by atoms with van der Waals surface area (Å²) in [5.74, 6) is 0.834. The number of H-pyrrole nitrogens is 1. The van der Waals surface area contributed by atoms with Crippen LogP contribution < -0.4 is 5.73 Å².